The summed E-state index contributed by atoms with van der Waals surface area (Å²) in [5, 5.41) is 13.3. The van der Waals surface area contributed by atoms with Crippen LogP contribution in [-0.2, 0) is 27.8 Å². The van der Waals surface area contributed by atoms with E-state index in [0.717, 1.165) is 0 Å². The third kappa shape index (κ3) is 4.52. The highest BCUT2D eigenvalue weighted by atomic mass is 35.5. The smallest absolute Gasteiger partial charge is 0.238 e. The van der Waals surface area contributed by atoms with Gasteiger partial charge in [0.25, 0.3) is 0 Å². The molecule has 0 unspecified atom stereocenters. The van der Waals surface area contributed by atoms with Crippen LogP contribution in [0.4, 0.5) is 5.69 Å². The van der Waals surface area contributed by atoms with E-state index in [1.807, 2.05) is 13.8 Å². The number of sulfonamides is 1. The average Bonchev–Trinajstić information content (AvgIpc) is 2.97. The number of primary sulfonamides is 1. The van der Waals surface area contributed by atoms with Crippen LogP contribution < -0.4 is 10.5 Å². The molecule has 7 nitrogen and oxygen atoms in total. The summed E-state index contributed by atoms with van der Waals surface area (Å²) in [4.78, 5) is 12.4. The molecule has 1 aromatic heterocycles. The molecular weight excluding hydrogens is 400 g/mol. The van der Waals surface area contributed by atoms with E-state index < -0.39 is 10.0 Å². The number of anilines is 1. The summed E-state index contributed by atoms with van der Waals surface area (Å²) in [7, 11) is -3.99. The molecule has 0 aliphatic heterocycles. The molecule has 3 rings (SSSR count). The van der Waals surface area contributed by atoms with E-state index in [9.17, 15) is 13.2 Å². The summed E-state index contributed by atoms with van der Waals surface area (Å²) in [6.07, 6.45) is 1.54. The number of rotatable bonds is 6. The second kappa shape index (κ2) is 7.90. The Labute approximate surface area is 168 Å². The summed E-state index contributed by atoms with van der Waals surface area (Å²) >= 11 is 6.10. The Bertz CT molecular complexity index is 1140. The molecule has 9 heteroatoms. The molecule has 0 bridgehead atoms. The zero-order valence-corrected chi connectivity index (χ0v) is 17.1. The number of fused-ring (bicyclic) bond motifs is 1. The predicted molar refractivity (Wildman–Crippen MR) is 110 cm³/mol. The SMILES string of the molecule is CC(C)Cn1ncc2c(S(N)(=O)=O)cc(NC(=O)Cc3ccccc3Cl)cc21. The monoisotopic (exact) mass is 420 g/mol. The molecule has 0 radical (unpaired) electrons. The highest BCUT2D eigenvalue weighted by Gasteiger charge is 2.19. The largest absolute Gasteiger partial charge is 0.326 e. The van der Waals surface area contributed by atoms with E-state index in [4.69, 9.17) is 16.7 Å². The normalized spacial score (nSPS) is 11.9. The topological polar surface area (TPSA) is 107 Å². The van der Waals surface area contributed by atoms with Crippen molar-refractivity contribution in [2.24, 2.45) is 11.1 Å². The molecule has 28 heavy (non-hydrogen) atoms. The second-order valence-corrected chi connectivity index (χ2v) is 8.93. The van der Waals surface area contributed by atoms with Gasteiger partial charge in [-0.05, 0) is 29.7 Å². The number of hydrogen-bond donors (Lipinski definition) is 2. The highest BCUT2D eigenvalue weighted by Crippen LogP contribution is 2.28. The van der Waals surface area contributed by atoms with Crippen LogP contribution in [0.2, 0.25) is 5.02 Å². The standard InChI is InChI=1S/C19H21ClN4O3S/c1-12(2)11-24-17-8-14(9-18(28(21,26)27)15(17)10-22-24)23-19(25)7-13-5-3-4-6-16(13)20/h3-6,8-10,12H,7,11H2,1-2H3,(H,23,25)(H2,21,26,27). The Kier molecular flexibility index (Phi) is 5.74. The zero-order valence-electron chi connectivity index (χ0n) is 15.5. The molecule has 0 fully saturated rings. The van der Waals surface area contributed by atoms with Gasteiger partial charge >= 0.3 is 0 Å². The van der Waals surface area contributed by atoms with Gasteiger partial charge in [0.15, 0.2) is 0 Å². The lowest BCUT2D eigenvalue weighted by molar-refractivity contribution is -0.115. The Morgan fingerprint density at radius 3 is 2.64 bits per heavy atom. The third-order valence-corrected chi connectivity index (χ3v) is 5.48. The number of carbonyl (C=O) groups excluding carboxylic acids is 1. The number of carbonyl (C=O) groups is 1. The predicted octanol–water partition coefficient (Wildman–Crippen LogP) is 3.17. The number of nitrogens with zero attached hydrogens (tertiary/aromatic N) is 2. The van der Waals surface area contributed by atoms with Gasteiger partial charge in [0.1, 0.15) is 0 Å². The molecule has 0 atom stereocenters. The first-order valence-corrected chi connectivity index (χ1v) is 10.6. The van der Waals surface area contributed by atoms with E-state index >= 15 is 0 Å². The van der Waals surface area contributed by atoms with Crippen LogP contribution >= 0.6 is 11.6 Å². The first-order chi connectivity index (χ1) is 13.1. The van der Waals surface area contributed by atoms with Gasteiger partial charge < -0.3 is 5.32 Å². The van der Waals surface area contributed by atoms with Gasteiger partial charge in [-0.2, -0.15) is 5.10 Å². The minimum absolute atomic E-state index is 0.0632. The van der Waals surface area contributed by atoms with Crippen molar-refractivity contribution in [1.82, 2.24) is 9.78 Å². The van der Waals surface area contributed by atoms with Gasteiger partial charge in [-0.25, -0.2) is 13.6 Å². The van der Waals surface area contributed by atoms with E-state index in [0.29, 0.717) is 39.6 Å². The fraction of sp³-hybridized carbons (Fsp3) is 0.263. The van der Waals surface area contributed by atoms with Gasteiger partial charge in [0, 0.05) is 22.6 Å². The van der Waals surface area contributed by atoms with Crippen molar-refractivity contribution in [3.63, 3.8) is 0 Å². The molecule has 3 aromatic rings. The van der Waals surface area contributed by atoms with Crippen LogP contribution in [0.5, 0.6) is 0 Å². The van der Waals surface area contributed by atoms with Crippen LogP contribution in [0.25, 0.3) is 10.9 Å². The van der Waals surface area contributed by atoms with Crippen LogP contribution in [0.1, 0.15) is 19.4 Å². The second-order valence-electron chi connectivity index (χ2n) is 6.99. The van der Waals surface area contributed by atoms with Crippen molar-refractivity contribution in [1.29, 1.82) is 0 Å². The maximum Gasteiger partial charge on any atom is 0.238 e. The zero-order chi connectivity index (χ0) is 20.5. The molecule has 0 aliphatic carbocycles. The fourth-order valence-corrected chi connectivity index (χ4v) is 3.92. The van der Waals surface area contributed by atoms with Crippen molar-refractivity contribution in [3.8, 4) is 0 Å². The number of hydrogen-bond acceptors (Lipinski definition) is 4. The molecule has 3 N–H and O–H groups in total. The summed E-state index contributed by atoms with van der Waals surface area (Å²) in [5.41, 5.74) is 1.60. The molecule has 0 saturated heterocycles. The maximum absolute atomic E-state index is 12.5. The van der Waals surface area contributed by atoms with E-state index in [1.165, 1.54) is 12.3 Å². The molecule has 1 heterocycles. The van der Waals surface area contributed by atoms with Gasteiger partial charge in [-0.3, -0.25) is 9.48 Å². The Balaban J connectivity index is 1.98. The average molecular weight is 421 g/mol. The summed E-state index contributed by atoms with van der Waals surface area (Å²) in [6.45, 7) is 4.66. The number of nitrogens with two attached hydrogens (primary N) is 1. The third-order valence-electron chi connectivity index (χ3n) is 4.16. The number of benzene rings is 2. The van der Waals surface area contributed by atoms with E-state index in [1.54, 1.807) is 35.0 Å². The fourth-order valence-electron chi connectivity index (χ4n) is 2.96. The molecule has 0 aliphatic rings. The lowest BCUT2D eigenvalue weighted by atomic mass is 10.1. The molecule has 0 saturated carbocycles. The van der Waals surface area contributed by atoms with Gasteiger partial charge in [-0.15, -0.1) is 0 Å². The van der Waals surface area contributed by atoms with Crippen LogP contribution in [0.15, 0.2) is 47.5 Å². The molecular formula is C19H21ClN4O3S. The Hall–Kier alpha value is -2.42. The minimum atomic E-state index is -3.99. The van der Waals surface area contributed by atoms with Gasteiger partial charge in [-0.1, -0.05) is 43.6 Å². The Morgan fingerprint density at radius 1 is 1.29 bits per heavy atom. The minimum Gasteiger partial charge on any atom is -0.326 e. The summed E-state index contributed by atoms with van der Waals surface area (Å²) in [6, 6.07) is 10.1. The molecule has 0 spiro atoms. The first kappa shape index (κ1) is 20.3. The van der Waals surface area contributed by atoms with Crippen molar-refractivity contribution < 1.29 is 13.2 Å². The van der Waals surface area contributed by atoms with E-state index in [2.05, 4.69) is 10.4 Å². The molecule has 2 aromatic carbocycles. The van der Waals surface area contributed by atoms with Crippen LogP contribution in [0.3, 0.4) is 0 Å². The lowest BCUT2D eigenvalue weighted by Crippen LogP contribution is -2.17. The first-order valence-electron chi connectivity index (χ1n) is 8.71. The van der Waals surface area contributed by atoms with Crippen LogP contribution in [-0.4, -0.2) is 24.1 Å². The van der Waals surface area contributed by atoms with Gasteiger partial charge in [0.2, 0.25) is 15.9 Å². The quantitative estimate of drug-likeness (QED) is 0.638. The van der Waals surface area contributed by atoms with E-state index in [-0.39, 0.29) is 17.2 Å². The Morgan fingerprint density at radius 2 is 2.00 bits per heavy atom. The number of aromatic nitrogens is 2. The molecule has 1 amide bonds. The molecule has 148 valence electrons. The van der Waals surface area contributed by atoms with Crippen molar-refractivity contribution in [2.75, 3.05) is 5.32 Å². The number of amides is 1. The van der Waals surface area contributed by atoms with Crippen LogP contribution in [0, 0.1) is 5.92 Å². The van der Waals surface area contributed by atoms with Crippen molar-refractivity contribution in [2.45, 2.75) is 31.7 Å². The number of nitrogens with one attached hydrogen (secondary N) is 1. The van der Waals surface area contributed by atoms with Gasteiger partial charge in [0.05, 0.1) is 23.0 Å². The summed E-state index contributed by atoms with van der Waals surface area (Å²) < 4.78 is 25.8. The highest BCUT2D eigenvalue weighted by molar-refractivity contribution is 7.89. The van der Waals surface area contributed by atoms with Crippen molar-refractivity contribution >= 4 is 44.1 Å². The maximum atomic E-state index is 12.5. The van der Waals surface area contributed by atoms with Crippen molar-refractivity contribution in [3.05, 3.63) is 53.2 Å². The summed E-state index contributed by atoms with van der Waals surface area (Å²) in [5.74, 6) is -0.0118. The lowest BCUT2D eigenvalue weighted by Gasteiger charge is -2.11. The number of halogens is 1.